The summed E-state index contributed by atoms with van der Waals surface area (Å²) in [6.45, 7) is 0. The van der Waals surface area contributed by atoms with Crippen molar-refractivity contribution in [2.75, 3.05) is 0 Å². The number of fused-ring (bicyclic) bond motifs is 1. The maximum atomic E-state index is 12.3. The van der Waals surface area contributed by atoms with Gasteiger partial charge in [0.2, 0.25) is 0 Å². The maximum absolute atomic E-state index is 12.3. The fourth-order valence-corrected chi connectivity index (χ4v) is 3.30. The summed E-state index contributed by atoms with van der Waals surface area (Å²) in [6.07, 6.45) is 0.236. The molecule has 0 amide bonds. The summed E-state index contributed by atoms with van der Waals surface area (Å²) in [6, 6.07) is 12.7. The van der Waals surface area contributed by atoms with Gasteiger partial charge in [-0.3, -0.25) is 4.79 Å². The van der Waals surface area contributed by atoms with Gasteiger partial charge < -0.3 is 0 Å². The number of rotatable bonds is 3. The van der Waals surface area contributed by atoms with E-state index in [9.17, 15) is 4.79 Å². The Kier molecular flexibility index (Phi) is 3.74. The number of hydrogen-bond donors (Lipinski definition) is 0. The fraction of sp³-hybridized carbons (Fsp3) is 0.0667. The highest BCUT2D eigenvalue weighted by atomic mass is 35.5. The van der Waals surface area contributed by atoms with Crippen molar-refractivity contribution in [1.29, 1.82) is 0 Å². The molecule has 2 nitrogen and oxygen atoms in total. The van der Waals surface area contributed by atoms with Crippen LogP contribution in [0.15, 0.2) is 42.5 Å². The second kappa shape index (κ2) is 5.52. The topological polar surface area (TPSA) is 30.0 Å². The number of carbonyl (C=O) groups excluding carboxylic acids is 1. The monoisotopic (exact) mass is 321 g/mol. The van der Waals surface area contributed by atoms with Crippen LogP contribution in [0.25, 0.3) is 10.2 Å². The summed E-state index contributed by atoms with van der Waals surface area (Å²) >= 11 is 13.5. The zero-order valence-electron chi connectivity index (χ0n) is 10.3. The number of benzene rings is 2. The molecule has 3 aromatic rings. The first-order chi connectivity index (χ1) is 9.63. The largest absolute Gasteiger partial charge is 0.294 e. The molecule has 1 aromatic heterocycles. The van der Waals surface area contributed by atoms with Gasteiger partial charge in [-0.25, -0.2) is 4.98 Å². The van der Waals surface area contributed by atoms with E-state index in [0.717, 1.165) is 15.2 Å². The van der Waals surface area contributed by atoms with Gasteiger partial charge in [0, 0.05) is 10.6 Å². The van der Waals surface area contributed by atoms with E-state index in [4.69, 9.17) is 23.2 Å². The number of aromatic nitrogens is 1. The molecule has 100 valence electrons. The van der Waals surface area contributed by atoms with E-state index in [2.05, 4.69) is 4.98 Å². The summed E-state index contributed by atoms with van der Waals surface area (Å²) in [5.41, 5.74) is 1.36. The number of nitrogens with zero attached hydrogens (tertiary/aromatic N) is 1. The lowest BCUT2D eigenvalue weighted by molar-refractivity contribution is 0.0993. The van der Waals surface area contributed by atoms with E-state index in [1.54, 1.807) is 18.2 Å². The Balaban J connectivity index is 1.90. The molecule has 0 aliphatic carbocycles. The van der Waals surface area contributed by atoms with Gasteiger partial charge >= 0.3 is 0 Å². The van der Waals surface area contributed by atoms with E-state index in [-0.39, 0.29) is 12.2 Å². The standard InChI is InChI=1S/C15H9Cl2NOS/c16-9-5-6-11(17)10(7-9)13(19)8-15-18-12-3-1-2-4-14(12)20-15/h1-7H,8H2. The Morgan fingerprint density at radius 3 is 2.75 bits per heavy atom. The fourth-order valence-electron chi connectivity index (χ4n) is 1.94. The van der Waals surface area contributed by atoms with Crippen molar-refractivity contribution in [2.45, 2.75) is 6.42 Å². The van der Waals surface area contributed by atoms with Gasteiger partial charge in [-0.15, -0.1) is 11.3 Å². The minimum absolute atomic E-state index is 0.0726. The Morgan fingerprint density at radius 1 is 1.15 bits per heavy atom. The third-order valence-corrected chi connectivity index (χ3v) is 4.48. The smallest absolute Gasteiger partial charge is 0.171 e. The molecule has 0 aliphatic heterocycles. The quantitative estimate of drug-likeness (QED) is 0.633. The van der Waals surface area contributed by atoms with Gasteiger partial charge in [0.1, 0.15) is 5.01 Å². The van der Waals surface area contributed by atoms with Crippen LogP contribution in [0.4, 0.5) is 0 Å². The highest BCUT2D eigenvalue weighted by molar-refractivity contribution is 7.18. The highest BCUT2D eigenvalue weighted by Crippen LogP contribution is 2.25. The van der Waals surface area contributed by atoms with Crippen molar-refractivity contribution in [3.63, 3.8) is 0 Å². The molecule has 0 saturated carbocycles. The van der Waals surface area contributed by atoms with Gasteiger partial charge in [-0.05, 0) is 30.3 Å². The molecule has 3 rings (SSSR count). The van der Waals surface area contributed by atoms with Crippen LogP contribution in [-0.2, 0) is 6.42 Å². The molecule has 0 N–H and O–H groups in total. The predicted molar refractivity (Wildman–Crippen MR) is 84.1 cm³/mol. The average Bonchev–Trinajstić information content (AvgIpc) is 2.83. The van der Waals surface area contributed by atoms with E-state index in [1.807, 2.05) is 24.3 Å². The van der Waals surface area contributed by atoms with Crippen molar-refractivity contribution >= 4 is 50.5 Å². The summed E-state index contributed by atoms with van der Waals surface area (Å²) in [7, 11) is 0. The number of hydrogen-bond acceptors (Lipinski definition) is 3. The molecule has 0 saturated heterocycles. The third kappa shape index (κ3) is 2.70. The van der Waals surface area contributed by atoms with Crippen molar-refractivity contribution in [2.24, 2.45) is 0 Å². The van der Waals surface area contributed by atoms with Crippen LogP contribution in [0, 0.1) is 0 Å². The van der Waals surface area contributed by atoms with E-state index in [0.29, 0.717) is 15.6 Å². The molecule has 20 heavy (non-hydrogen) atoms. The number of carbonyl (C=O) groups is 1. The second-order valence-electron chi connectivity index (χ2n) is 4.30. The number of halogens is 2. The van der Waals surface area contributed by atoms with Crippen LogP contribution >= 0.6 is 34.5 Å². The minimum atomic E-state index is -0.0726. The Labute approximate surface area is 130 Å². The molecule has 0 spiro atoms. The average molecular weight is 322 g/mol. The third-order valence-electron chi connectivity index (χ3n) is 2.88. The Morgan fingerprint density at radius 2 is 1.95 bits per heavy atom. The number of Topliss-reactive ketones (excluding diaryl/α,β-unsaturated/α-hetero) is 1. The van der Waals surface area contributed by atoms with Crippen molar-refractivity contribution in [3.8, 4) is 0 Å². The molecule has 0 unspecified atom stereocenters. The lowest BCUT2D eigenvalue weighted by Gasteiger charge is -2.02. The first kappa shape index (κ1) is 13.6. The Bertz CT molecular complexity index is 764. The van der Waals surface area contributed by atoms with Crippen LogP contribution in [0.5, 0.6) is 0 Å². The van der Waals surface area contributed by atoms with Crippen molar-refractivity contribution < 1.29 is 4.79 Å². The normalized spacial score (nSPS) is 10.9. The first-order valence-corrected chi connectivity index (χ1v) is 7.53. The van der Waals surface area contributed by atoms with Crippen LogP contribution in [0.2, 0.25) is 10.0 Å². The van der Waals surface area contributed by atoms with E-state index < -0.39 is 0 Å². The molecule has 0 aliphatic rings. The van der Waals surface area contributed by atoms with Gasteiger partial charge in [-0.2, -0.15) is 0 Å². The van der Waals surface area contributed by atoms with Crippen molar-refractivity contribution in [1.82, 2.24) is 4.98 Å². The van der Waals surface area contributed by atoms with Gasteiger partial charge in [0.05, 0.1) is 21.7 Å². The van der Waals surface area contributed by atoms with Crippen molar-refractivity contribution in [3.05, 3.63) is 63.1 Å². The van der Waals surface area contributed by atoms with Crippen LogP contribution in [0.1, 0.15) is 15.4 Å². The predicted octanol–water partition coefficient (Wildman–Crippen LogP) is 5.03. The zero-order valence-corrected chi connectivity index (χ0v) is 12.6. The van der Waals surface area contributed by atoms with Crippen LogP contribution in [-0.4, -0.2) is 10.8 Å². The summed E-state index contributed by atoms with van der Waals surface area (Å²) in [4.78, 5) is 16.7. The van der Waals surface area contributed by atoms with Crippen LogP contribution in [0.3, 0.4) is 0 Å². The summed E-state index contributed by atoms with van der Waals surface area (Å²) < 4.78 is 1.08. The Hall–Kier alpha value is -1.42. The number of para-hydroxylation sites is 1. The number of ketones is 1. The van der Waals surface area contributed by atoms with E-state index in [1.165, 1.54) is 11.3 Å². The van der Waals surface area contributed by atoms with Gasteiger partial charge in [-0.1, -0.05) is 35.3 Å². The molecule has 0 bridgehead atoms. The molecule has 0 radical (unpaired) electrons. The second-order valence-corrected chi connectivity index (χ2v) is 6.26. The summed E-state index contributed by atoms with van der Waals surface area (Å²) in [5.74, 6) is -0.0726. The first-order valence-electron chi connectivity index (χ1n) is 5.96. The van der Waals surface area contributed by atoms with Gasteiger partial charge in [0.25, 0.3) is 0 Å². The highest BCUT2D eigenvalue weighted by Gasteiger charge is 2.14. The lowest BCUT2D eigenvalue weighted by Crippen LogP contribution is -2.04. The summed E-state index contributed by atoms with van der Waals surface area (Å²) in [5, 5.41) is 1.70. The van der Waals surface area contributed by atoms with E-state index >= 15 is 0 Å². The zero-order chi connectivity index (χ0) is 14.1. The molecule has 5 heteroatoms. The minimum Gasteiger partial charge on any atom is -0.294 e. The lowest BCUT2D eigenvalue weighted by atomic mass is 10.1. The molecule has 0 fully saturated rings. The molecule has 2 aromatic carbocycles. The maximum Gasteiger partial charge on any atom is 0.171 e. The molecule has 0 atom stereocenters. The molecular formula is C15H9Cl2NOS. The van der Waals surface area contributed by atoms with Crippen LogP contribution < -0.4 is 0 Å². The number of thiazole rings is 1. The molecular weight excluding hydrogens is 313 g/mol. The van der Waals surface area contributed by atoms with Gasteiger partial charge in [0.15, 0.2) is 5.78 Å². The molecule has 1 heterocycles. The SMILES string of the molecule is O=C(Cc1nc2ccccc2s1)c1cc(Cl)ccc1Cl.